The van der Waals surface area contributed by atoms with Gasteiger partial charge >= 0.3 is 0 Å². The van der Waals surface area contributed by atoms with Crippen molar-refractivity contribution < 1.29 is 28.7 Å². The maximum Gasteiger partial charge on any atom is 0.255 e. The maximum atomic E-state index is 13.2. The molecule has 2 fully saturated rings. The lowest BCUT2D eigenvalue weighted by Crippen LogP contribution is -2.52. The molecule has 0 spiro atoms. The molecule has 1 atom stereocenters. The quantitative estimate of drug-likeness (QED) is 0.0850. The van der Waals surface area contributed by atoms with Crippen LogP contribution in [-0.4, -0.2) is 79.5 Å². The third-order valence-electron chi connectivity index (χ3n) is 12.1. The lowest BCUT2D eigenvalue weighted by Gasteiger charge is -2.30. The second-order valence-electron chi connectivity index (χ2n) is 15.7. The molecule has 5 aromatic rings. The zero-order valence-corrected chi connectivity index (χ0v) is 33.0. The van der Waals surface area contributed by atoms with Crippen molar-refractivity contribution in [3.05, 3.63) is 107 Å². The van der Waals surface area contributed by atoms with Crippen LogP contribution in [0.4, 0.5) is 0 Å². The molecule has 0 bridgehead atoms. The summed E-state index contributed by atoms with van der Waals surface area (Å²) in [7, 11) is 0. The molecule has 4 aliphatic heterocycles. The number of carbonyl (C=O) groups is 5. The molecule has 1 N–H and O–H groups in total. The Morgan fingerprint density at radius 2 is 1.73 bits per heavy atom. The summed E-state index contributed by atoms with van der Waals surface area (Å²) in [6.07, 6.45) is 5.72. The van der Waals surface area contributed by atoms with Gasteiger partial charge in [0.25, 0.3) is 5.91 Å². The number of fused-ring (bicyclic) bond motifs is 3. The van der Waals surface area contributed by atoms with Crippen molar-refractivity contribution in [3.63, 3.8) is 0 Å². The summed E-state index contributed by atoms with van der Waals surface area (Å²) in [5.41, 5.74) is 7.34. The second kappa shape index (κ2) is 16.1. The van der Waals surface area contributed by atoms with Crippen molar-refractivity contribution in [2.75, 3.05) is 19.8 Å². The van der Waals surface area contributed by atoms with Gasteiger partial charge in [-0.1, -0.05) is 60.4 Å². The first-order chi connectivity index (χ1) is 28.7. The molecule has 0 radical (unpaired) electrons. The van der Waals surface area contributed by atoms with E-state index in [1.807, 2.05) is 47.5 Å². The van der Waals surface area contributed by atoms with Crippen molar-refractivity contribution in [1.29, 1.82) is 0 Å². The Hall–Kier alpha value is -6.45. The van der Waals surface area contributed by atoms with Gasteiger partial charge in [-0.3, -0.25) is 34.3 Å². The molecule has 0 saturated carbocycles. The Bertz CT molecular complexity index is 2600. The first-order valence-corrected chi connectivity index (χ1v) is 20.4. The first kappa shape index (κ1) is 38.1. The largest absolute Gasteiger partial charge is 0.381 e. The predicted octanol–water partition coefficient (Wildman–Crippen LogP) is 6.19. The number of ketones is 1. The van der Waals surface area contributed by atoms with Gasteiger partial charge in [0.2, 0.25) is 17.7 Å². The van der Waals surface area contributed by atoms with Gasteiger partial charge in [0.15, 0.2) is 5.78 Å². The van der Waals surface area contributed by atoms with Crippen LogP contribution in [-0.2, 0) is 38.8 Å². The summed E-state index contributed by atoms with van der Waals surface area (Å²) in [6.45, 7) is 5.27. The minimum Gasteiger partial charge on any atom is -0.381 e. The molecular weight excluding hydrogens is 745 g/mol. The second-order valence-corrected chi connectivity index (χ2v) is 15.7. The van der Waals surface area contributed by atoms with E-state index in [2.05, 4.69) is 39.9 Å². The lowest BCUT2D eigenvalue weighted by molar-refractivity contribution is -0.137. The fourth-order valence-corrected chi connectivity index (χ4v) is 8.85. The molecule has 0 aliphatic carbocycles. The molecule has 2 aromatic heterocycles. The minimum absolute atomic E-state index is 0.0346. The van der Waals surface area contributed by atoms with E-state index in [0.29, 0.717) is 55.8 Å². The Balaban J connectivity index is 0.858. The van der Waals surface area contributed by atoms with Gasteiger partial charge in [-0.25, -0.2) is 4.98 Å². The van der Waals surface area contributed by atoms with Gasteiger partial charge in [-0.05, 0) is 54.8 Å². The number of nitrogens with one attached hydrogen (secondary N) is 1. The normalized spacial score (nSPS) is 18.0. The third kappa shape index (κ3) is 7.43. The number of hydrogen-bond donors (Lipinski definition) is 1. The highest BCUT2D eigenvalue weighted by Crippen LogP contribution is 2.38. The molecule has 1 unspecified atom stereocenters. The molecule has 4 amide bonds. The third-order valence-corrected chi connectivity index (χ3v) is 12.1. The summed E-state index contributed by atoms with van der Waals surface area (Å²) < 4.78 is 7.99. The van der Waals surface area contributed by atoms with Gasteiger partial charge in [0.05, 0.1) is 23.6 Å². The van der Waals surface area contributed by atoms with Crippen LogP contribution < -0.4 is 5.32 Å². The standard InChI is InChI=1S/C47H44N6O6/c1-29(54)51-21-22-52-41(28-51)44(50-45(52)33-19-23-59-24-20-33)35-10-6-9-34-25-39(48-26-37(34)35)31-13-15-32(16-14-31)42(55)12-4-2-3-7-30-8-5-11-36-38(30)27-53(47(36)58)40-17-18-43(56)49-46(40)57/h5-6,8-11,13-16,25-26,33,40H,2,4,12,17-24,27-28H2,1H3,(H,49,56,57). The van der Waals surface area contributed by atoms with Gasteiger partial charge in [0, 0.05) is 104 Å². The molecule has 298 valence electrons. The van der Waals surface area contributed by atoms with E-state index >= 15 is 0 Å². The van der Waals surface area contributed by atoms with Crippen molar-refractivity contribution in [1.82, 2.24) is 29.7 Å². The van der Waals surface area contributed by atoms with Gasteiger partial charge in [-0.2, -0.15) is 0 Å². The summed E-state index contributed by atoms with van der Waals surface area (Å²) in [6, 6.07) is 20.6. The first-order valence-electron chi connectivity index (χ1n) is 20.4. The zero-order chi connectivity index (χ0) is 40.6. The summed E-state index contributed by atoms with van der Waals surface area (Å²) >= 11 is 0. The molecule has 59 heavy (non-hydrogen) atoms. The molecular formula is C47H44N6O6. The Morgan fingerprint density at radius 3 is 2.53 bits per heavy atom. The van der Waals surface area contributed by atoms with Crippen molar-refractivity contribution in [2.24, 2.45) is 0 Å². The highest BCUT2D eigenvalue weighted by Gasteiger charge is 2.40. The van der Waals surface area contributed by atoms with Crippen LogP contribution in [0.5, 0.6) is 0 Å². The molecule has 6 heterocycles. The van der Waals surface area contributed by atoms with E-state index < -0.39 is 11.9 Å². The highest BCUT2D eigenvalue weighted by molar-refractivity contribution is 6.05. The number of hydrogen-bond acceptors (Lipinski definition) is 8. The number of aromatic nitrogens is 3. The van der Waals surface area contributed by atoms with E-state index in [4.69, 9.17) is 14.7 Å². The van der Waals surface area contributed by atoms with E-state index in [0.717, 1.165) is 88.5 Å². The molecule has 12 nitrogen and oxygen atoms in total. The number of unbranched alkanes of at least 4 members (excludes halogenated alkanes) is 1. The van der Waals surface area contributed by atoms with Crippen molar-refractivity contribution >= 4 is 40.2 Å². The number of pyridine rings is 1. The van der Waals surface area contributed by atoms with Crippen molar-refractivity contribution in [2.45, 2.75) is 83.5 Å². The number of ether oxygens (including phenoxy) is 1. The fraction of sp³-hybridized carbons (Fsp3) is 0.340. The average molecular weight is 789 g/mol. The Labute approximate surface area is 342 Å². The monoisotopic (exact) mass is 788 g/mol. The molecule has 3 aromatic carbocycles. The van der Waals surface area contributed by atoms with Gasteiger partial charge < -0.3 is 19.1 Å². The van der Waals surface area contributed by atoms with E-state index in [9.17, 15) is 24.0 Å². The summed E-state index contributed by atoms with van der Waals surface area (Å²) in [5, 5.41) is 4.35. The van der Waals surface area contributed by atoms with Crippen LogP contribution in [0.3, 0.4) is 0 Å². The number of piperidine rings is 1. The summed E-state index contributed by atoms with van der Waals surface area (Å²) in [4.78, 5) is 76.4. The van der Waals surface area contributed by atoms with Crippen LogP contribution in [0.15, 0.2) is 72.9 Å². The maximum absolute atomic E-state index is 13.2. The SMILES string of the molecule is CC(=O)N1CCn2c(C3CCOCC3)nc(-c3cccc4cc(-c5ccc(C(=O)CCCC#Cc6cccc7c6CN(C6CCC(=O)NC6=O)C7=O)cc5)ncc34)c2C1. The topological polar surface area (TPSA) is 144 Å². The number of amides is 4. The Morgan fingerprint density at radius 1 is 0.932 bits per heavy atom. The highest BCUT2D eigenvalue weighted by atomic mass is 16.5. The number of imide groups is 1. The van der Waals surface area contributed by atoms with E-state index in [1.54, 1.807) is 19.1 Å². The number of imidazole rings is 1. The predicted molar refractivity (Wildman–Crippen MR) is 220 cm³/mol. The number of rotatable bonds is 8. The van der Waals surface area contributed by atoms with Gasteiger partial charge in [-0.15, -0.1) is 0 Å². The summed E-state index contributed by atoms with van der Waals surface area (Å²) in [5.74, 6) is 6.86. The van der Waals surface area contributed by atoms with Gasteiger partial charge in [0.1, 0.15) is 11.9 Å². The van der Waals surface area contributed by atoms with Crippen LogP contribution in [0.25, 0.3) is 33.3 Å². The van der Waals surface area contributed by atoms with E-state index in [1.165, 1.54) is 4.90 Å². The lowest BCUT2D eigenvalue weighted by atomic mass is 9.99. The molecule has 4 aliphatic rings. The smallest absolute Gasteiger partial charge is 0.255 e. The van der Waals surface area contributed by atoms with Crippen LogP contribution in [0, 0.1) is 11.8 Å². The van der Waals surface area contributed by atoms with Crippen molar-refractivity contribution in [3.8, 4) is 34.4 Å². The molecule has 9 rings (SSSR count). The van der Waals surface area contributed by atoms with E-state index in [-0.39, 0.29) is 36.5 Å². The molecule has 2 saturated heterocycles. The van der Waals surface area contributed by atoms with Crippen LogP contribution in [0.1, 0.15) is 101 Å². The average Bonchev–Trinajstić information content (AvgIpc) is 3.81. The minimum atomic E-state index is -0.677. The Kier molecular flexibility index (Phi) is 10.4. The number of Topliss-reactive ketones (excluding diaryl/α,β-unsaturated/α-hetero) is 1. The molecule has 12 heteroatoms. The zero-order valence-electron chi connectivity index (χ0n) is 33.0. The number of nitrogens with zero attached hydrogens (tertiary/aromatic N) is 5. The fourth-order valence-electron chi connectivity index (χ4n) is 8.85. The van der Waals surface area contributed by atoms with Crippen LogP contribution >= 0.6 is 0 Å². The number of carbonyl (C=O) groups excluding carboxylic acids is 5. The number of benzene rings is 3. The van der Waals surface area contributed by atoms with Crippen LogP contribution in [0.2, 0.25) is 0 Å².